The molecule has 0 aliphatic heterocycles. The predicted molar refractivity (Wildman–Crippen MR) is 76.9 cm³/mol. The van der Waals surface area contributed by atoms with E-state index in [0.717, 1.165) is 12.2 Å². The highest BCUT2D eigenvalue weighted by Gasteiger charge is 2.09. The fraction of sp³-hybridized carbons (Fsp3) is 0.533. The van der Waals surface area contributed by atoms with Crippen LogP contribution in [0.4, 0.5) is 0 Å². The average molecular weight is 285 g/mol. The van der Waals surface area contributed by atoms with Crippen molar-refractivity contribution < 1.29 is 14.3 Å². The third kappa shape index (κ3) is 5.52. The number of rotatable bonds is 7. The van der Waals surface area contributed by atoms with Gasteiger partial charge in [0.05, 0.1) is 0 Å². The van der Waals surface area contributed by atoms with E-state index in [-0.39, 0.29) is 12.0 Å². The minimum Gasteiger partial charge on any atom is -0.490 e. The minimum atomic E-state index is -0.426. The van der Waals surface area contributed by atoms with Gasteiger partial charge in [-0.3, -0.25) is 4.79 Å². The molecule has 1 aromatic rings. The van der Waals surface area contributed by atoms with E-state index in [0.29, 0.717) is 12.5 Å². The number of ether oxygens (including phenoxy) is 2. The molecule has 0 N–H and O–H groups in total. The Hall–Kier alpha value is -1.22. The van der Waals surface area contributed by atoms with Gasteiger partial charge in [-0.2, -0.15) is 0 Å². The van der Waals surface area contributed by atoms with E-state index < -0.39 is 5.97 Å². The predicted octanol–water partition coefficient (Wildman–Crippen LogP) is 3.75. The van der Waals surface area contributed by atoms with Crippen LogP contribution >= 0.6 is 11.6 Å². The number of benzene rings is 1. The molecule has 1 aromatic carbocycles. The van der Waals surface area contributed by atoms with Crippen LogP contribution in [0.15, 0.2) is 24.3 Å². The van der Waals surface area contributed by atoms with Gasteiger partial charge in [-0.15, -0.1) is 11.6 Å². The van der Waals surface area contributed by atoms with Crippen molar-refractivity contribution >= 4 is 17.6 Å². The molecule has 0 aliphatic carbocycles. The van der Waals surface area contributed by atoms with E-state index in [2.05, 4.69) is 26.0 Å². The summed E-state index contributed by atoms with van der Waals surface area (Å²) in [5, 5.41) is 0. The average Bonchev–Trinajstić information content (AvgIpc) is 2.44. The standard InChI is InChI=1S/C15H21ClO3/c1-4-11(2)13-5-7-14(8-6-13)18-10-12(3)19-15(17)9-16/h5-8,11-12H,4,9-10H2,1-3H3/t11-,12-/m0/s1. The monoisotopic (exact) mass is 284 g/mol. The molecule has 19 heavy (non-hydrogen) atoms. The summed E-state index contributed by atoms with van der Waals surface area (Å²) in [6.07, 6.45) is 0.812. The second kappa shape index (κ2) is 8.05. The molecule has 0 spiro atoms. The number of hydrogen-bond donors (Lipinski definition) is 0. The zero-order valence-corrected chi connectivity index (χ0v) is 12.4. The lowest BCUT2D eigenvalue weighted by atomic mass is 9.99. The Balaban J connectivity index is 2.43. The van der Waals surface area contributed by atoms with Crippen LogP contribution in [0.5, 0.6) is 5.75 Å². The van der Waals surface area contributed by atoms with Crippen LogP contribution in [0.2, 0.25) is 0 Å². The first-order valence-corrected chi connectivity index (χ1v) is 7.08. The molecular weight excluding hydrogens is 264 g/mol. The topological polar surface area (TPSA) is 35.5 Å². The first-order chi connectivity index (χ1) is 9.06. The Morgan fingerprint density at radius 3 is 2.42 bits per heavy atom. The molecule has 0 fully saturated rings. The van der Waals surface area contributed by atoms with Crippen molar-refractivity contribution in [3.05, 3.63) is 29.8 Å². The Morgan fingerprint density at radius 2 is 1.89 bits per heavy atom. The highest BCUT2D eigenvalue weighted by atomic mass is 35.5. The van der Waals surface area contributed by atoms with Crippen LogP contribution in [0.3, 0.4) is 0 Å². The molecule has 0 unspecified atom stereocenters. The molecule has 4 heteroatoms. The van der Waals surface area contributed by atoms with E-state index in [1.807, 2.05) is 12.1 Å². The maximum Gasteiger partial charge on any atom is 0.321 e. The molecule has 3 nitrogen and oxygen atoms in total. The molecule has 0 heterocycles. The normalized spacial score (nSPS) is 13.7. The zero-order chi connectivity index (χ0) is 14.3. The molecule has 1 rings (SSSR count). The molecule has 0 saturated heterocycles. The van der Waals surface area contributed by atoms with Crippen LogP contribution in [0.1, 0.15) is 38.7 Å². The molecule has 0 aromatic heterocycles. The quantitative estimate of drug-likeness (QED) is 0.565. The summed E-state index contributed by atoms with van der Waals surface area (Å²) in [6.45, 7) is 6.47. The number of carbonyl (C=O) groups is 1. The van der Waals surface area contributed by atoms with Crippen molar-refractivity contribution in [1.82, 2.24) is 0 Å². The van der Waals surface area contributed by atoms with E-state index >= 15 is 0 Å². The fourth-order valence-electron chi connectivity index (χ4n) is 1.63. The first kappa shape index (κ1) is 15.8. The summed E-state index contributed by atoms with van der Waals surface area (Å²) < 4.78 is 10.6. The minimum absolute atomic E-state index is 0.131. The second-order valence-electron chi connectivity index (χ2n) is 4.62. The maximum absolute atomic E-state index is 11.0. The third-order valence-corrected chi connectivity index (χ3v) is 3.21. The fourth-order valence-corrected chi connectivity index (χ4v) is 1.69. The van der Waals surface area contributed by atoms with Crippen molar-refractivity contribution in [3.8, 4) is 5.75 Å². The van der Waals surface area contributed by atoms with Gasteiger partial charge in [-0.05, 0) is 37.0 Å². The van der Waals surface area contributed by atoms with Gasteiger partial charge in [0.2, 0.25) is 0 Å². The van der Waals surface area contributed by atoms with Gasteiger partial charge in [0, 0.05) is 0 Å². The molecule has 0 aliphatic rings. The van der Waals surface area contributed by atoms with Gasteiger partial charge in [0.15, 0.2) is 0 Å². The first-order valence-electron chi connectivity index (χ1n) is 6.55. The smallest absolute Gasteiger partial charge is 0.321 e. The number of carbonyl (C=O) groups excluding carboxylic acids is 1. The molecule has 0 amide bonds. The lowest BCUT2D eigenvalue weighted by Crippen LogP contribution is -2.22. The lowest BCUT2D eigenvalue weighted by molar-refractivity contribution is -0.146. The van der Waals surface area contributed by atoms with Gasteiger partial charge in [0.1, 0.15) is 24.3 Å². The summed E-state index contributed by atoms with van der Waals surface area (Å²) in [6, 6.07) is 8.02. The summed E-state index contributed by atoms with van der Waals surface area (Å²) >= 11 is 5.36. The zero-order valence-electron chi connectivity index (χ0n) is 11.7. The van der Waals surface area contributed by atoms with Crippen LogP contribution in [-0.2, 0) is 9.53 Å². The summed E-state index contributed by atoms with van der Waals surface area (Å²) in [4.78, 5) is 11.0. The number of alkyl halides is 1. The van der Waals surface area contributed by atoms with Crippen molar-refractivity contribution in [2.45, 2.75) is 39.2 Å². The van der Waals surface area contributed by atoms with Crippen molar-refractivity contribution in [2.24, 2.45) is 0 Å². The number of halogens is 1. The Kier molecular flexibility index (Phi) is 6.71. The van der Waals surface area contributed by atoms with Crippen molar-refractivity contribution in [2.75, 3.05) is 12.5 Å². The molecule has 0 saturated carbocycles. The third-order valence-electron chi connectivity index (χ3n) is 2.99. The van der Waals surface area contributed by atoms with Gasteiger partial charge < -0.3 is 9.47 Å². The number of hydrogen-bond acceptors (Lipinski definition) is 3. The largest absolute Gasteiger partial charge is 0.490 e. The molecule has 106 valence electrons. The van der Waals surface area contributed by atoms with Gasteiger partial charge in [-0.25, -0.2) is 0 Å². The lowest BCUT2D eigenvalue weighted by Gasteiger charge is -2.14. The van der Waals surface area contributed by atoms with Crippen LogP contribution in [-0.4, -0.2) is 24.6 Å². The van der Waals surface area contributed by atoms with Crippen LogP contribution < -0.4 is 4.74 Å². The van der Waals surface area contributed by atoms with Gasteiger partial charge in [0.25, 0.3) is 0 Å². The second-order valence-corrected chi connectivity index (χ2v) is 4.89. The van der Waals surface area contributed by atoms with E-state index in [9.17, 15) is 4.79 Å². The van der Waals surface area contributed by atoms with E-state index in [4.69, 9.17) is 21.1 Å². The maximum atomic E-state index is 11.0. The summed E-state index contributed by atoms with van der Waals surface area (Å²) in [5.74, 6) is 0.775. The number of esters is 1. The van der Waals surface area contributed by atoms with Crippen LogP contribution in [0.25, 0.3) is 0 Å². The Bertz CT molecular complexity index is 389. The summed E-state index contributed by atoms with van der Waals surface area (Å²) in [7, 11) is 0. The van der Waals surface area contributed by atoms with Crippen molar-refractivity contribution in [1.29, 1.82) is 0 Å². The van der Waals surface area contributed by atoms with Gasteiger partial charge in [-0.1, -0.05) is 26.0 Å². The molecule has 2 atom stereocenters. The molecule has 0 radical (unpaired) electrons. The van der Waals surface area contributed by atoms with E-state index in [1.165, 1.54) is 5.56 Å². The van der Waals surface area contributed by atoms with Gasteiger partial charge >= 0.3 is 5.97 Å². The molecular formula is C15H21ClO3. The molecule has 0 bridgehead atoms. The summed E-state index contributed by atoms with van der Waals surface area (Å²) in [5.41, 5.74) is 1.30. The van der Waals surface area contributed by atoms with Crippen molar-refractivity contribution in [3.63, 3.8) is 0 Å². The highest BCUT2D eigenvalue weighted by Crippen LogP contribution is 2.21. The van der Waals surface area contributed by atoms with Crippen LogP contribution in [0, 0.1) is 0 Å². The SMILES string of the molecule is CC[C@H](C)c1ccc(OC[C@H](C)OC(=O)CCl)cc1. The Labute approximate surface area is 119 Å². The Morgan fingerprint density at radius 1 is 1.26 bits per heavy atom. The highest BCUT2D eigenvalue weighted by molar-refractivity contribution is 6.26. The van der Waals surface area contributed by atoms with E-state index in [1.54, 1.807) is 6.92 Å².